The number of aliphatic hydroxyl groups excluding tert-OH is 1. The summed E-state index contributed by atoms with van der Waals surface area (Å²) >= 11 is 0. The van der Waals surface area contributed by atoms with Gasteiger partial charge < -0.3 is 15.7 Å². The van der Waals surface area contributed by atoms with Crippen LogP contribution in [-0.2, 0) is 13.1 Å². The molecule has 0 spiro atoms. The summed E-state index contributed by atoms with van der Waals surface area (Å²) in [4.78, 5) is 14.5. The second-order valence-corrected chi connectivity index (χ2v) is 6.57. The number of carbonyl (C=O) groups is 1. The van der Waals surface area contributed by atoms with Crippen molar-refractivity contribution in [2.75, 3.05) is 19.7 Å². The van der Waals surface area contributed by atoms with Crippen LogP contribution in [0.5, 0.6) is 0 Å². The van der Waals surface area contributed by atoms with Gasteiger partial charge in [-0.3, -0.25) is 4.90 Å². The zero-order valence-electron chi connectivity index (χ0n) is 14.8. The third kappa shape index (κ3) is 6.13. The minimum Gasteiger partial charge on any atom is -0.394 e. The van der Waals surface area contributed by atoms with Gasteiger partial charge in [0, 0.05) is 13.1 Å². The number of urea groups is 1. The zero-order valence-corrected chi connectivity index (χ0v) is 14.8. The van der Waals surface area contributed by atoms with E-state index in [-0.39, 0.29) is 18.7 Å². The molecule has 1 aromatic carbocycles. The smallest absolute Gasteiger partial charge is 0.315 e. The molecule has 2 rings (SSSR count). The molecule has 1 saturated heterocycles. The summed E-state index contributed by atoms with van der Waals surface area (Å²) in [5.41, 5.74) is 2.45. The van der Waals surface area contributed by atoms with Gasteiger partial charge in [0.2, 0.25) is 0 Å². The van der Waals surface area contributed by atoms with E-state index in [0.29, 0.717) is 6.54 Å². The minimum atomic E-state index is -0.222. The van der Waals surface area contributed by atoms with Crippen LogP contribution in [0, 0.1) is 0 Å². The highest BCUT2D eigenvalue weighted by Crippen LogP contribution is 2.16. The molecule has 134 valence electrons. The minimum absolute atomic E-state index is 0.0323. The van der Waals surface area contributed by atoms with E-state index in [9.17, 15) is 4.79 Å². The molecular formula is C19H31N3O2. The van der Waals surface area contributed by atoms with Crippen LogP contribution in [0.15, 0.2) is 24.3 Å². The van der Waals surface area contributed by atoms with Crippen LogP contribution in [-0.4, -0.2) is 41.8 Å². The first-order valence-corrected chi connectivity index (χ1v) is 9.17. The first-order chi connectivity index (χ1) is 11.7. The van der Waals surface area contributed by atoms with Gasteiger partial charge in [-0.25, -0.2) is 4.79 Å². The summed E-state index contributed by atoms with van der Waals surface area (Å²) in [5.74, 6) is 0. The van der Waals surface area contributed by atoms with Crippen molar-refractivity contribution in [1.82, 2.24) is 15.5 Å². The van der Waals surface area contributed by atoms with Crippen molar-refractivity contribution in [3.8, 4) is 0 Å². The Labute approximate surface area is 145 Å². The van der Waals surface area contributed by atoms with Crippen molar-refractivity contribution in [2.45, 2.75) is 58.2 Å². The Bertz CT molecular complexity index is 495. The van der Waals surface area contributed by atoms with Crippen molar-refractivity contribution in [3.05, 3.63) is 35.4 Å². The van der Waals surface area contributed by atoms with Gasteiger partial charge in [0.25, 0.3) is 0 Å². The fourth-order valence-electron chi connectivity index (χ4n) is 3.11. The fourth-order valence-corrected chi connectivity index (χ4v) is 3.11. The second-order valence-electron chi connectivity index (χ2n) is 6.57. The van der Waals surface area contributed by atoms with E-state index < -0.39 is 0 Å². The quantitative estimate of drug-likeness (QED) is 0.719. The summed E-state index contributed by atoms with van der Waals surface area (Å²) in [6, 6.07) is 7.91. The number of hydrogen-bond acceptors (Lipinski definition) is 3. The number of nitrogens with one attached hydrogen (secondary N) is 2. The van der Waals surface area contributed by atoms with Crippen molar-refractivity contribution < 1.29 is 9.90 Å². The summed E-state index contributed by atoms with van der Waals surface area (Å²) < 4.78 is 0. The van der Waals surface area contributed by atoms with E-state index in [2.05, 4.69) is 33.7 Å². The molecule has 0 bridgehead atoms. The molecule has 2 amide bonds. The predicted molar refractivity (Wildman–Crippen MR) is 96.7 cm³/mol. The monoisotopic (exact) mass is 333 g/mol. The van der Waals surface area contributed by atoms with E-state index in [1.807, 2.05) is 13.0 Å². The second kappa shape index (κ2) is 10.3. The lowest BCUT2D eigenvalue weighted by Gasteiger charge is -2.22. The van der Waals surface area contributed by atoms with E-state index in [4.69, 9.17) is 5.11 Å². The van der Waals surface area contributed by atoms with E-state index >= 15 is 0 Å². The Balaban J connectivity index is 1.89. The highest BCUT2D eigenvalue weighted by atomic mass is 16.3. The van der Waals surface area contributed by atoms with Gasteiger partial charge in [-0.15, -0.1) is 0 Å². The highest BCUT2D eigenvalue weighted by molar-refractivity contribution is 5.74. The maximum Gasteiger partial charge on any atom is 0.315 e. The van der Waals surface area contributed by atoms with E-state index in [0.717, 1.165) is 31.6 Å². The third-order valence-electron chi connectivity index (χ3n) is 4.70. The molecule has 1 fully saturated rings. The SMILES string of the molecule is CCC(CO)NC(=O)NCc1ccccc1CN1CCCCCC1. The number of likely N-dealkylation sites (tertiary alicyclic amines) is 1. The molecule has 5 nitrogen and oxygen atoms in total. The van der Waals surface area contributed by atoms with Crippen LogP contribution < -0.4 is 10.6 Å². The van der Waals surface area contributed by atoms with Crippen LogP contribution in [0.25, 0.3) is 0 Å². The van der Waals surface area contributed by atoms with Crippen LogP contribution in [0.2, 0.25) is 0 Å². The number of rotatable bonds is 7. The lowest BCUT2D eigenvalue weighted by atomic mass is 10.1. The number of hydrogen-bond donors (Lipinski definition) is 3. The number of nitrogens with zero attached hydrogens (tertiary/aromatic N) is 1. The van der Waals surface area contributed by atoms with Crippen molar-refractivity contribution in [2.24, 2.45) is 0 Å². The first kappa shape index (κ1) is 18.7. The van der Waals surface area contributed by atoms with Gasteiger partial charge in [-0.05, 0) is 43.5 Å². The summed E-state index contributed by atoms with van der Waals surface area (Å²) in [6.07, 6.45) is 5.95. The predicted octanol–water partition coefficient (Wildman–Crippen LogP) is 2.63. The highest BCUT2D eigenvalue weighted by Gasteiger charge is 2.13. The fraction of sp³-hybridized carbons (Fsp3) is 0.632. The Kier molecular flexibility index (Phi) is 8.05. The summed E-state index contributed by atoms with van der Waals surface area (Å²) in [6.45, 7) is 5.70. The number of benzene rings is 1. The molecule has 1 aromatic rings. The molecule has 3 N–H and O–H groups in total. The largest absolute Gasteiger partial charge is 0.394 e. The van der Waals surface area contributed by atoms with Crippen LogP contribution >= 0.6 is 0 Å². The topological polar surface area (TPSA) is 64.6 Å². The average Bonchev–Trinajstić information content (AvgIpc) is 2.87. The van der Waals surface area contributed by atoms with Gasteiger partial charge in [-0.2, -0.15) is 0 Å². The van der Waals surface area contributed by atoms with Crippen LogP contribution in [0.1, 0.15) is 50.2 Å². The molecule has 0 radical (unpaired) electrons. The standard InChI is InChI=1S/C19H31N3O2/c1-2-18(15-23)21-19(24)20-13-16-9-5-6-10-17(16)14-22-11-7-3-4-8-12-22/h5-6,9-10,18,23H,2-4,7-8,11-15H2,1H3,(H2,20,21,24). The van der Waals surface area contributed by atoms with Crippen molar-refractivity contribution in [1.29, 1.82) is 0 Å². The maximum absolute atomic E-state index is 11.9. The molecule has 0 aliphatic carbocycles. The van der Waals surface area contributed by atoms with Gasteiger partial charge >= 0.3 is 6.03 Å². The van der Waals surface area contributed by atoms with Crippen molar-refractivity contribution >= 4 is 6.03 Å². The molecule has 1 aliphatic heterocycles. The average molecular weight is 333 g/mol. The molecule has 1 atom stereocenters. The van der Waals surface area contributed by atoms with E-state index in [1.165, 1.54) is 31.2 Å². The molecule has 24 heavy (non-hydrogen) atoms. The Morgan fingerprint density at radius 2 is 1.83 bits per heavy atom. The molecule has 1 unspecified atom stereocenters. The number of carbonyl (C=O) groups excluding carboxylic acids is 1. The normalized spacial score (nSPS) is 17.1. The van der Waals surface area contributed by atoms with Crippen LogP contribution in [0.3, 0.4) is 0 Å². The van der Waals surface area contributed by atoms with Gasteiger partial charge in [0.15, 0.2) is 0 Å². The summed E-state index contributed by atoms with van der Waals surface area (Å²) in [5, 5.41) is 14.9. The molecule has 1 heterocycles. The number of aliphatic hydroxyl groups is 1. The molecular weight excluding hydrogens is 302 g/mol. The van der Waals surface area contributed by atoms with Gasteiger partial charge in [0.05, 0.1) is 12.6 Å². The van der Waals surface area contributed by atoms with Crippen molar-refractivity contribution in [3.63, 3.8) is 0 Å². The first-order valence-electron chi connectivity index (χ1n) is 9.17. The van der Waals surface area contributed by atoms with Gasteiger partial charge in [-0.1, -0.05) is 44.0 Å². The van der Waals surface area contributed by atoms with Gasteiger partial charge in [0.1, 0.15) is 0 Å². The Morgan fingerprint density at radius 3 is 2.46 bits per heavy atom. The molecule has 0 aromatic heterocycles. The van der Waals surface area contributed by atoms with E-state index in [1.54, 1.807) is 0 Å². The van der Waals surface area contributed by atoms with Crippen LogP contribution in [0.4, 0.5) is 4.79 Å². The molecule has 0 saturated carbocycles. The maximum atomic E-state index is 11.9. The third-order valence-corrected chi connectivity index (χ3v) is 4.70. The zero-order chi connectivity index (χ0) is 17.2. The molecule has 5 heteroatoms. The number of amides is 2. The Morgan fingerprint density at radius 1 is 1.17 bits per heavy atom. The Hall–Kier alpha value is -1.59. The molecule has 1 aliphatic rings. The summed E-state index contributed by atoms with van der Waals surface area (Å²) in [7, 11) is 0. The lowest BCUT2D eigenvalue weighted by Crippen LogP contribution is -2.43. The lowest BCUT2D eigenvalue weighted by molar-refractivity contribution is 0.214.